The van der Waals surface area contributed by atoms with Gasteiger partial charge >= 0.3 is 0 Å². The van der Waals surface area contributed by atoms with Gasteiger partial charge in [0.25, 0.3) is 0 Å². The molecule has 1 atom stereocenters. The predicted octanol–water partition coefficient (Wildman–Crippen LogP) is 0.894. The van der Waals surface area contributed by atoms with E-state index in [1.807, 2.05) is 12.4 Å². The summed E-state index contributed by atoms with van der Waals surface area (Å²) >= 11 is 0. The molecule has 0 aromatic carbocycles. The molecule has 1 saturated heterocycles. The minimum atomic E-state index is 0.844. The molecule has 1 aromatic heterocycles. The van der Waals surface area contributed by atoms with Gasteiger partial charge in [0, 0.05) is 39.0 Å². The first-order valence-corrected chi connectivity index (χ1v) is 6.69. The lowest BCUT2D eigenvalue weighted by atomic mass is 10.1. The second-order valence-electron chi connectivity index (χ2n) is 4.97. The molecule has 4 heteroatoms. The lowest BCUT2D eigenvalue weighted by Crippen LogP contribution is -2.28. The van der Waals surface area contributed by atoms with Crippen LogP contribution in [0.1, 0.15) is 19.2 Å². The molecule has 1 aromatic rings. The normalized spacial score (nSPS) is 21.2. The lowest BCUT2D eigenvalue weighted by Gasteiger charge is -2.15. The van der Waals surface area contributed by atoms with Crippen LogP contribution in [0.4, 0.5) is 0 Å². The smallest absolute Gasteiger partial charge is 0.109 e. The van der Waals surface area contributed by atoms with E-state index < -0.39 is 0 Å². The molecule has 0 amide bonds. The zero-order valence-corrected chi connectivity index (χ0v) is 11.0. The number of hydrogen-bond donors (Lipinski definition) is 1. The van der Waals surface area contributed by atoms with Gasteiger partial charge in [0.05, 0.1) is 0 Å². The van der Waals surface area contributed by atoms with Crippen LogP contribution in [-0.2, 0) is 13.5 Å². The highest BCUT2D eigenvalue weighted by molar-refractivity contribution is 4.92. The number of nitrogens with one attached hydrogen (secondary N) is 1. The average molecular weight is 236 g/mol. The van der Waals surface area contributed by atoms with E-state index in [9.17, 15) is 0 Å². The molecule has 0 saturated carbocycles. The topological polar surface area (TPSA) is 33.1 Å². The highest BCUT2D eigenvalue weighted by atomic mass is 15.2. The third-order valence-corrected chi connectivity index (χ3v) is 3.63. The molecule has 0 bridgehead atoms. The Morgan fingerprint density at radius 1 is 1.53 bits per heavy atom. The summed E-state index contributed by atoms with van der Waals surface area (Å²) < 4.78 is 2.12. The van der Waals surface area contributed by atoms with Gasteiger partial charge < -0.3 is 14.8 Å². The average Bonchev–Trinajstić information content (AvgIpc) is 2.93. The summed E-state index contributed by atoms with van der Waals surface area (Å²) in [5, 5.41) is 3.45. The first-order valence-electron chi connectivity index (χ1n) is 6.69. The van der Waals surface area contributed by atoms with E-state index >= 15 is 0 Å². The highest BCUT2D eigenvalue weighted by Crippen LogP contribution is 2.15. The molecule has 2 heterocycles. The van der Waals surface area contributed by atoms with Crippen molar-refractivity contribution in [2.75, 3.05) is 32.7 Å². The number of likely N-dealkylation sites (tertiary alicyclic amines) is 1. The van der Waals surface area contributed by atoms with Gasteiger partial charge in [0.15, 0.2) is 0 Å². The van der Waals surface area contributed by atoms with Crippen molar-refractivity contribution >= 4 is 0 Å². The molecule has 1 N–H and O–H groups in total. The maximum Gasteiger partial charge on any atom is 0.109 e. The van der Waals surface area contributed by atoms with Crippen LogP contribution >= 0.6 is 0 Å². The summed E-state index contributed by atoms with van der Waals surface area (Å²) in [5.41, 5.74) is 0. The van der Waals surface area contributed by atoms with Gasteiger partial charge in [-0.05, 0) is 32.0 Å². The van der Waals surface area contributed by atoms with Gasteiger partial charge in [-0.3, -0.25) is 0 Å². The maximum absolute atomic E-state index is 4.37. The van der Waals surface area contributed by atoms with E-state index in [0.717, 1.165) is 25.4 Å². The fourth-order valence-electron chi connectivity index (χ4n) is 2.53. The molecular weight excluding hydrogens is 212 g/mol. The molecule has 4 nitrogen and oxygen atoms in total. The molecule has 1 fully saturated rings. The minimum Gasteiger partial charge on any atom is -0.338 e. The Morgan fingerprint density at radius 2 is 2.41 bits per heavy atom. The first kappa shape index (κ1) is 12.6. The van der Waals surface area contributed by atoms with Crippen LogP contribution in [0.25, 0.3) is 0 Å². The quantitative estimate of drug-likeness (QED) is 0.796. The molecule has 96 valence electrons. The highest BCUT2D eigenvalue weighted by Gasteiger charge is 2.21. The Bertz CT molecular complexity index is 334. The number of hydrogen-bond acceptors (Lipinski definition) is 3. The Balaban J connectivity index is 1.69. The van der Waals surface area contributed by atoms with Crippen LogP contribution in [0, 0.1) is 5.92 Å². The van der Waals surface area contributed by atoms with Crippen molar-refractivity contribution in [1.29, 1.82) is 0 Å². The van der Waals surface area contributed by atoms with Crippen molar-refractivity contribution in [3.63, 3.8) is 0 Å². The van der Waals surface area contributed by atoms with Crippen LogP contribution in [0.15, 0.2) is 12.4 Å². The summed E-state index contributed by atoms with van der Waals surface area (Å²) in [6, 6.07) is 0. The molecule has 1 aliphatic rings. The van der Waals surface area contributed by atoms with Crippen LogP contribution in [0.3, 0.4) is 0 Å². The van der Waals surface area contributed by atoms with Crippen molar-refractivity contribution in [2.45, 2.75) is 19.8 Å². The predicted molar refractivity (Wildman–Crippen MR) is 70.0 cm³/mol. The van der Waals surface area contributed by atoms with E-state index in [1.54, 1.807) is 0 Å². The summed E-state index contributed by atoms with van der Waals surface area (Å²) in [6.45, 7) is 8.08. The summed E-state index contributed by atoms with van der Waals surface area (Å²) in [4.78, 5) is 6.94. The number of imidazole rings is 1. The molecule has 0 radical (unpaired) electrons. The van der Waals surface area contributed by atoms with Crippen molar-refractivity contribution in [3.05, 3.63) is 18.2 Å². The fraction of sp³-hybridized carbons (Fsp3) is 0.769. The van der Waals surface area contributed by atoms with Gasteiger partial charge in [-0.25, -0.2) is 4.98 Å². The first-order chi connectivity index (χ1) is 8.29. The summed E-state index contributed by atoms with van der Waals surface area (Å²) in [5.74, 6) is 2.04. The summed E-state index contributed by atoms with van der Waals surface area (Å²) in [6.07, 6.45) is 6.31. The third-order valence-electron chi connectivity index (χ3n) is 3.63. The number of nitrogens with zero attached hydrogens (tertiary/aromatic N) is 3. The second kappa shape index (κ2) is 6.17. The van der Waals surface area contributed by atoms with Crippen LogP contribution in [-0.4, -0.2) is 47.2 Å². The molecule has 0 spiro atoms. The van der Waals surface area contributed by atoms with E-state index in [-0.39, 0.29) is 0 Å². The number of rotatable bonds is 6. The maximum atomic E-state index is 4.37. The van der Waals surface area contributed by atoms with Crippen molar-refractivity contribution in [2.24, 2.45) is 13.0 Å². The lowest BCUT2D eigenvalue weighted by molar-refractivity contribution is 0.323. The largest absolute Gasteiger partial charge is 0.338 e. The Morgan fingerprint density at radius 3 is 3.12 bits per heavy atom. The van der Waals surface area contributed by atoms with E-state index in [2.05, 4.69) is 33.7 Å². The standard InChI is InChI=1S/C13H24N4/c1-3-14-10-12-4-7-17(11-12)8-5-13-15-6-9-16(13)2/h6,9,12,14H,3-5,7-8,10-11H2,1-2H3. The van der Waals surface area contributed by atoms with E-state index in [4.69, 9.17) is 0 Å². The third kappa shape index (κ3) is 3.54. The molecule has 2 rings (SSSR count). The van der Waals surface area contributed by atoms with Crippen molar-refractivity contribution in [1.82, 2.24) is 19.8 Å². The van der Waals surface area contributed by atoms with Crippen LogP contribution in [0.2, 0.25) is 0 Å². The molecule has 1 unspecified atom stereocenters. The Kier molecular flexibility index (Phi) is 4.57. The number of aromatic nitrogens is 2. The SMILES string of the molecule is CCNCC1CCN(CCc2nccn2C)C1. The number of aryl methyl sites for hydroxylation is 1. The van der Waals surface area contributed by atoms with E-state index in [1.165, 1.54) is 31.9 Å². The summed E-state index contributed by atoms with van der Waals surface area (Å²) in [7, 11) is 2.07. The molecule has 1 aliphatic heterocycles. The van der Waals surface area contributed by atoms with Crippen molar-refractivity contribution < 1.29 is 0 Å². The van der Waals surface area contributed by atoms with Gasteiger partial charge in [-0.15, -0.1) is 0 Å². The van der Waals surface area contributed by atoms with Crippen LogP contribution in [0.5, 0.6) is 0 Å². The minimum absolute atomic E-state index is 0.844. The van der Waals surface area contributed by atoms with Crippen molar-refractivity contribution in [3.8, 4) is 0 Å². The zero-order valence-electron chi connectivity index (χ0n) is 11.0. The fourth-order valence-corrected chi connectivity index (χ4v) is 2.53. The van der Waals surface area contributed by atoms with Gasteiger partial charge in [-0.2, -0.15) is 0 Å². The molecule has 17 heavy (non-hydrogen) atoms. The van der Waals surface area contributed by atoms with E-state index in [0.29, 0.717) is 0 Å². The van der Waals surface area contributed by atoms with Gasteiger partial charge in [0.1, 0.15) is 5.82 Å². The van der Waals surface area contributed by atoms with Gasteiger partial charge in [0.2, 0.25) is 0 Å². The Labute approximate surface area is 104 Å². The zero-order chi connectivity index (χ0) is 12.1. The van der Waals surface area contributed by atoms with Crippen LogP contribution < -0.4 is 5.32 Å². The monoisotopic (exact) mass is 236 g/mol. The Hall–Kier alpha value is -0.870. The van der Waals surface area contributed by atoms with Gasteiger partial charge in [-0.1, -0.05) is 6.92 Å². The molecular formula is C13H24N4. The molecule has 0 aliphatic carbocycles. The second-order valence-corrected chi connectivity index (χ2v) is 4.97.